The first-order chi connectivity index (χ1) is 12.5. The molecule has 0 atom stereocenters. The van der Waals surface area contributed by atoms with Crippen molar-refractivity contribution in [2.45, 2.75) is 33.4 Å². The van der Waals surface area contributed by atoms with E-state index in [1.807, 2.05) is 38.1 Å². The summed E-state index contributed by atoms with van der Waals surface area (Å²) in [5.41, 5.74) is 2.82. The second kappa shape index (κ2) is 7.35. The molecule has 0 radical (unpaired) electrons. The maximum atomic E-state index is 12.9. The smallest absolute Gasteiger partial charge is 0.337 e. The van der Waals surface area contributed by atoms with Gasteiger partial charge in [-0.15, -0.1) is 0 Å². The monoisotopic (exact) mass is 352 g/mol. The molecule has 7 heteroatoms. The molecule has 0 aliphatic carbocycles. The number of carboxylic acids is 1. The zero-order valence-electron chi connectivity index (χ0n) is 14.7. The van der Waals surface area contributed by atoms with E-state index in [0.29, 0.717) is 30.7 Å². The van der Waals surface area contributed by atoms with Crippen molar-refractivity contribution >= 4 is 17.1 Å². The minimum absolute atomic E-state index is 0.0605. The van der Waals surface area contributed by atoms with Gasteiger partial charge in [0, 0.05) is 37.6 Å². The Morgan fingerprint density at radius 3 is 2.69 bits per heavy atom. The summed E-state index contributed by atoms with van der Waals surface area (Å²) >= 11 is 0. The van der Waals surface area contributed by atoms with Gasteiger partial charge < -0.3 is 5.11 Å². The number of pyridine rings is 2. The van der Waals surface area contributed by atoms with Crippen LogP contribution in [-0.2, 0) is 19.5 Å². The summed E-state index contributed by atoms with van der Waals surface area (Å²) in [5, 5.41) is 9.23. The molecule has 0 bridgehead atoms. The number of hydrogen-bond acceptors (Lipinski definition) is 4. The van der Waals surface area contributed by atoms with Crippen molar-refractivity contribution in [1.29, 1.82) is 0 Å². The lowest BCUT2D eigenvalue weighted by molar-refractivity contribution is 0.0696. The van der Waals surface area contributed by atoms with E-state index in [9.17, 15) is 14.7 Å². The average molecular weight is 352 g/mol. The molecule has 0 spiro atoms. The third-order valence-corrected chi connectivity index (χ3v) is 4.10. The van der Waals surface area contributed by atoms with Crippen LogP contribution in [0.3, 0.4) is 0 Å². The topological polar surface area (TPSA) is 90.0 Å². The first-order valence-corrected chi connectivity index (χ1v) is 8.33. The number of carboxylic acid groups (broad SMARTS) is 1. The van der Waals surface area contributed by atoms with E-state index in [4.69, 9.17) is 0 Å². The number of aromatic carboxylic acids is 1. The normalized spacial score (nSPS) is 10.8. The Balaban J connectivity index is 2.07. The number of imidazole rings is 1. The number of allylic oxidation sites excluding steroid dienone is 2. The maximum Gasteiger partial charge on any atom is 0.337 e. The van der Waals surface area contributed by atoms with Crippen LogP contribution in [0.25, 0.3) is 11.2 Å². The van der Waals surface area contributed by atoms with Crippen LogP contribution in [0.5, 0.6) is 0 Å². The van der Waals surface area contributed by atoms with Crippen LogP contribution in [0.1, 0.15) is 29.9 Å². The Morgan fingerprint density at radius 1 is 1.23 bits per heavy atom. The Hall–Kier alpha value is -3.22. The zero-order chi connectivity index (χ0) is 18.7. The summed E-state index contributed by atoms with van der Waals surface area (Å²) in [6, 6.07) is 7.15. The molecule has 3 aromatic heterocycles. The molecule has 0 saturated carbocycles. The predicted octanol–water partition coefficient (Wildman–Crippen LogP) is 2.50. The highest BCUT2D eigenvalue weighted by Gasteiger charge is 2.16. The standard InChI is InChI=1S/C19H20N4O3/c1-13(2)6-9-22-16-11-14(18(24)25)12-21-17(16)23(19(22)26)10-7-15-5-3-4-8-20-15/h3-6,8,11-12H,7,9-10H2,1-2H3,(H,24,25). The van der Waals surface area contributed by atoms with Crippen molar-refractivity contribution in [2.75, 3.05) is 0 Å². The molecule has 0 fully saturated rings. The lowest BCUT2D eigenvalue weighted by atomic mass is 10.2. The van der Waals surface area contributed by atoms with Crippen molar-refractivity contribution in [2.24, 2.45) is 0 Å². The van der Waals surface area contributed by atoms with Gasteiger partial charge in [0.05, 0.1) is 11.1 Å². The molecule has 3 aromatic rings. The van der Waals surface area contributed by atoms with E-state index in [-0.39, 0.29) is 11.3 Å². The molecule has 26 heavy (non-hydrogen) atoms. The minimum atomic E-state index is -1.07. The van der Waals surface area contributed by atoms with Crippen molar-refractivity contribution in [1.82, 2.24) is 19.1 Å². The van der Waals surface area contributed by atoms with Gasteiger partial charge in [-0.05, 0) is 32.0 Å². The number of aryl methyl sites for hydroxylation is 2. The van der Waals surface area contributed by atoms with Gasteiger partial charge in [-0.25, -0.2) is 14.6 Å². The molecule has 0 aliphatic heterocycles. The second-order valence-electron chi connectivity index (χ2n) is 6.27. The van der Waals surface area contributed by atoms with Crippen LogP contribution in [0.4, 0.5) is 0 Å². The Bertz CT molecular complexity index is 1030. The van der Waals surface area contributed by atoms with E-state index in [1.54, 1.807) is 15.3 Å². The molecule has 0 aromatic carbocycles. The van der Waals surface area contributed by atoms with Gasteiger partial charge in [-0.2, -0.15) is 0 Å². The van der Waals surface area contributed by atoms with Crippen LogP contribution in [0, 0.1) is 0 Å². The molecule has 0 saturated heterocycles. The lowest BCUT2D eigenvalue weighted by Crippen LogP contribution is -2.25. The summed E-state index contributed by atoms with van der Waals surface area (Å²) in [4.78, 5) is 32.7. The molecule has 134 valence electrons. The average Bonchev–Trinajstić information content (AvgIpc) is 2.89. The number of aromatic nitrogens is 4. The Morgan fingerprint density at radius 2 is 2.04 bits per heavy atom. The third kappa shape index (κ3) is 3.56. The van der Waals surface area contributed by atoms with Gasteiger partial charge in [0.2, 0.25) is 0 Å². The number of rotatable bonds is 6. The Labute approximate surface area is 150 Å². The first-order valence-electron chi connectivity index (χ1n) is 8.33. The number of fused-ring (bicyclic) bond motifs is 1. The van der Waals surface area contributed by atoms with Crippen LogP contribution in [0.2, 0.25) is 0 Å². The number of nitrogens with zero attached hydrogens (tertiary/aromatic N) is 4. The highest BCUT2D eigenvalue weighted by Crippen LogP contribution is 2.14. The molecule has 3 heterocycles. The molecule has 0 amide bonds. The Kier molecular flexibility index (Phi) is 4.97. The molecular weight excluding hydrogens is 332 g/mol. The van der Waals surface area contributed by atoms with Crippen molar-refractivity contribution in [3.05, 3.63) is 70.0 Å². The van der Waals surface area contributed by atoms with Crippen molar-refractivity contribution in [3.8, 4) is 0 Å². The summed E-state index contributed by atoms with van der Waals surface area (Å²) in [5.74, 6) is -1.07. The largest absolute Gasteiger partial charge is 0.478 e. The maximum absolute atomic E-state index is 12.9. The minimum Gasteiger partial charge on any atom is -0.478 e. The number of hydrogen-bond donors (Lipinski definition) is 1. The molecule has 0 aliphatic rings. The molecule has 0 unspecified atom stereocenters. The summed E-state index contributed by atoms with van der Waals surface area (Å²) in [6.45, 7) is 4.70. The van der Waals surface area contributed by atoms with Crippen molar-refractivity contribution < 1.29 is 9.90 Å². The highest BCUT2D eigenvalue weighted by atomic mass is 16.4. The van der Waals surface area contributed by atoms with E-state index < -0.39 is 5.97 Å². The van der Waals surface area contributed by atoms with Gasteiger partial charge in [0.1, 0.15) is 0 Å². The fraction of sp³-hybridized carbons (Fsp3) is 0.263. The van der Waals surface area contributed by atoms with Crippen LogP contribution in [-0.4, -0.2) is 30.2 Å². The van der Waals surface area contributed by atoms with E-state index >= 15 is 0 Å². The van der Waals surface area contributed by atoms with Gasteiger partial charge >= 0.3 is 11.7 Å². The SMILES string of the molecule is CC(C)=CCn1c(=O)n(CCc2ccccn2)c2ncc(C(=O)O)cc21. The summed E-state index contributed by atoms with van der Waals surface area (Å²) < 4.78 is 3.13. The van der Waals surface area contributed by atoms with Gasteiger partial charge in [-0.3, -0.25) is 14.1 Å². The van der Waals surface area contributed by atoms with Gasteiger partial charge in [0.15, 0.2) is 5.65 Å². The van der Waals surface area contributed by atoms with E-state index in [1.165, 1.54) is 12.3 Å². The molecule has 3 rings (SSSR count). The quantitative estimate of drug-likeness (QED) is 0.689. The third-order valence-electron chi connectivity index (χ3n) is 4.10. The van der Waals surface area contributed by atoms with Crippen LogP contribution in [0.15, 0.2) is 53.1 Å². The van der Waals surface area contributed by atoms with E-state index in [0.717, 1.165) is 11.3 Å². The fourth-order valence-electron chi connectivity index (χ4n) is 2.73. The first kappa shape index (κ1) is 17.6. The van der Waals surface area contributed by atoms with Crippen LogP contribution < -0.4 is 5.69 Å². The van der Waals surface area contributed by atoms with Crippen molar-refractivity contribution in [3.63, 3.8) is 0 Å². The zero-order valence-corrected chi connectivity index (χ0v) is 14.7. The predicted molar refractivity (Wildman–Crippen MR) is 98.3 cm³/mol. The van der Waals surface area contributed by atoms with Gasteiger partial charge in [0.25, 0.3) is 0 Å². The highest BCUT2D eigenvalue weighted by molar-refractivity contribution is 5.91. The van der Waals surface area contributed by atoms with Gasteiger partial charge in [-0.1, -0.05) is 17.7 Å². The van der Waals surface area contributed by atoms with Crippen LogP contribution >= 0.6 is 0 Å². The lowest BCUT2D eigenvalue weighted by Gasteiger charge is -2.02. The molecule has 1 N–H and O–H groups in total. The van der Waals surface area contributed by atoms with E-state index in [2.05, 4.69) is 9.97 Å². The molecule has 7 nitrogen and oxygen atoms in total. The second-order valence-corrected chi connectivity index (χ2v) is 6.27. The summed E-state index contributed by atoms with van der Waals surface area (Å²) in [6.07, 6.45) is 5.52. The fourth-order valence-corrected chi connectivity index (χ4v) is 2.73. The summed E-state index contributed by atoms with van der Waals surface area (Å²) in [7, 11) is 0. The molecular formula is C19H20N4O3. The number of carbonyl (C=O) groups is 1.